The monoisotopic (exact) mass is 278 g/mol. The molecule has 0 aliphatic carbocycles. The number of thioether (sulfide) groups is 1. The van der Waals surface area contributed by atoms with E-state index in [2.05, 4.69) is 4.98 Å². The van der Waals surface area contributed by atoms with E-state index in [0.29, 0.717) is 6.42 Å². The summed E-state index contributed by atoms with van der Waals surface area (Å²) in [5.41, 5.74) is 0.913. The number of carbonyl (C=O) groups is 2. The Hall–Kier alpha value is -1.36. The molecule has 2 heterocycles. The van der Waals surface area contributed by atoms with Crippen molar-refractivity contribution in [1.29, 1.82) is 0 Å². The zero-order chi connectivity index (χ0) is 13.8. The van der Waals surface area contributed by atoms with Gasteiger partial charge in [-0.15, -0.1) is 0 Å². The summed E-state index contributed by atoms with van der Waals surface area (Å²) >= 11 is 1.31. The summed E-state index contributed by atoms with van der Waals surface area (Å²) in [7, 11) is 0. The van der Waals surface area contributed by atoms with Crippen LogP contribution in [0.1, 0.15) is 32.0 Å². The lowest BCUT2D eigenvalue weighted by atomic mass is 10.1. The lowest BCUT2D eigenvalue weighted by Crippen LogP contribution is -2.29. The Balaban J connectivity index is 1.98. The third kappa shape index (κ3) is 3.56. The molecule has 2 atom stereocenters. The molecule has 0 saturated carbocycles. The highest BCUT2D eigenvalue weighted by Gasteiger charge is 2.33. The van der Waals surface area contributed by atoms with Crippen molar-refractivity contribution in [3.05, 3.63) is 30.1 Å². The van der Waals surface area contributed by atoms with E-state index >= 15 is 0 Å². The first kappa shape index (κ1) is 14.1. The van der Waals surface area contributed by atoms with Crippen molar-refractivity contribution in [2.24, 2.45) is 5.92 Å². The van der Waals surface area contributed by atoms with Crippen molar-refractivity contribution >= 4 is 22.8 Å². The van der Waals surface area contributed by atoms with Gasteiger partial charge in [-0.25, -0.2) is 0 Å². The predicted octanol–water partition coefficient (Wildman–Crippen LogP) is 2.27. The van der Waals surface area contributed by atoms with E-state index in [4.69, 9.17) is 0 Å². The van der Waals surface area contributed by atoms with Crippen LogP contribution < -0.4 is 0 Å². The van der Waals surface area contributed by atoms with Gasteiger partial charge in [0.2, 0.25) is 5.91 Å². The molecule has 1 saturated heterocycles. The number of rotatable bonds is 4. The van der Waals surface area contributed by atoms with Crippen LogP contribution in [0.2, 0.25) is 0 Å². The van der Waals surface area contributed by atoms with Crippen molar-refractivity contribution in [3.8, 4) is 0 Å². The fourth-order valence-electron chi connectivity index (χ4n) is 2.31. The molecule has 0 radical (unpaired) electrons. The first-order valence-electron chi connectivity index (χ1n) is 6.41. The molecule has 1 aromatic heterocycles. The van der Waals surface area contributed by atoms with Gasteiger partial charge in [-0.05, 0) is 25.0 Å². The van der Waals surface area contributed by atoms with Crippen molar-refractivity contribution in [2.75, 3.05) is 12.3 Å². The lowest BCUT2D eigenvalue weighted by molar-refractivity contribution is -0.129. The first-order valence-corrected chi connectivity index (χ1v) is 7.40. The second kappa shape index (κ2) is 6.19. The number of aromatic nitrogens is 1. The van der Waals surface area contributed by atoms with E-state index in [0.717, 1.165) is 18.0 Å². The van der Waals surface area contributed by atoms with Gasteiger partial charge in [0.25, 0.3) is 0 Å². The summed E-state index contributed by atoms with van der Waals surface area (Å²) in [6.07, 6.45) is 2.28. The van der Waals surface area contributed by atoms with E-state index in [9.17, 15) is 9.59 Å². The molecule has 1 aliphatic rings. The second-order valence-electron chi connectivity index (χ2n) is 4.85. The van der Waals surface area contributed by atoms with E-state index in [1.807, 2.05) is 30.0 Å². The van der Waals surface area contributed by atoms with Crippen LogP contribution in [0.3, 0.4) is 0 Å². The lowest BCUT2D eigenvalue weighted by Gasteiger charge is -2.24. The maximum atomic E-state index is 12.0. The SMILES string of the molecule is CC(=O)SCC1CC(=O)N(C(C)c2ccccn2)C1. The maximum Gasteiger partial charge on any atom is 0.223 e. The van der Waals surface area contributed by atoms with E-state index in [-0.39, 0.29) is 23.0 Å². The second-order valence-corrected chi connectivity index (χ2v) is 6.05. The van der Waals surface area contributed by atoms with Gasteiger partial charge in [0.1, 0.15) is 0 Å². The van der Waals surface area contributed by atoms with Crippen molar-refractivity contribution in [3.63, 3.8) is 0 Å². The molecule has 0 N–H and O–H groups in total. The molecule has 1 amide bonds. The van der Waals surface area contributed by atoms with Gasteiger partial charge in [-0.3, -0.25) is 14.6 Å². The average Bonchev–Trinajstić information content (AvgIpc) is 2.78. The molecule has 1 aliphatic heterocycles. The van der Waals surface area contributed by atoms with Crippen LogP contribution in [0.4, 0.5) is 0 Å². The normalized spacial score (nSPS) is 20.6. The predicted molar refractivity (Wildman–Crippen MR) is 75.6 cm³/mol. The third-order valence-corrected chi connectivity index (χ3v) is 4.39. The van der Waals surface area contributed by atoms with Crippen LogP contribution in [-0.4, -0.2) is 33.2 Å². The third-order valence-electron chi connectivity index (χ3n) is 3.34. The van der Waals surface area contributed by atoms with Crippen LogP contribution in [0.5, 0.6) is 0 Å². The van der Waals surface area contributed by atoms with Gasteiger partial charge in [0.05, 0.1) is 11.7 Å². The quantitative estimate of drug-likeness (QED) is 0.848. The molecule has 1 aromatic rings. The molecular weight excluding hydrogens is 260 g/mol. The summed E-state index contributed by atoms with van der Waals surface area (Å²) < 4.78 is 0. The minimum Gasteiger partial charge on any atom is -0.334 e. The summed E-state index contributed by atoms with van der Waals surface area (Å²) in [6, 6.07) is 5.74. The number of hydrogen-bond donors (Lipinski definition) is 0. The van der Waals surface area contributed by atoms with E-state index in [1.54, 1.807) is 13.1 Å². The van der Waals surface area contributed by atoms with Crippen LogP contribution in [0.25, 0.3) is 0 Å². The minimum atomic E-state index is 0.000952. The number of nitrogens with zero attached hydrogens (tertiary/aromatic N) is 2. The van der Waals surface area contributed by atoms with Crippen LogP contribution >= 0.6 is 11.8 Å². The summed E-state index contributed by atoms with van der Waals surface area (Å²) in [6.45, 7) is 4.29. The standard InChI is InChI=1S/C14H18N2O2S/c1-10(13-5-3-4-6-15-13)16-8-12(7-14(16)18)9-19-11(2)17/h3-6,10,12H,7-9H2,1-2H3. The minimum absolute atomic E-state index is 0.000952. The molecule has 1 fully saturated rings. The van der Waals surface area contributed by atoms with Gasteiger partial charge in [0, 0.05) is 31.8 Å². The largest absolute Gasteiger partial charge is 0.334 e. The van der Waals surface area contributed by atoms with Crippen molar-refractivity contribution < 1.29 is 9.59 Å². The Morgan fingerprint density at radius 1 is 1.58 bits per heavy atom. The molecule has 102 valence electrons. The van der Waals surface area contributed by atoms with E-state index in [1.165, 1.54) is 11.8 Å². The fourth-order valence-corrected chi connectivity index (χ4v) is 3.01. The first-order chi connectivity index (χ1) is 9.08. The number of pyridine rings is 1. The Morgan fingerprint density at radius 3 is 3.00 bits per heavy atom. The fraction of sp³-hybridized carbons (Fsp3) is 0.500. The van der Waals surface area contributed by atoms with Crippen LogP contribution in [-0.2, 0) is 9.59 Å². The van der Waals surface area contributed by atoms with Crippen molar-refractivity contribution in [1.82, 2.24) is 9.88 Å². The van der Waals surface area contributed by atoms with Crippen molar-refractivity contribution in [2.45, 2.75) is 26.3 Å². The van der Waals surface area contributed by atoms with Crippen LogP contribution in [0.15, 0.2) is 24.4 Å². The van der Waals surface area contributed by atoms with Gasteiger partial charge in [0.15, 0.2) is 5.12 Å². The highest BCUT2D eigenvalue weighted by atomic mass is 32.2. The summed E-state index contributed by atoms with van der Waals surface area (Å²) in [5.74, 6) is 1.16. The van der Waals surface area contributed by atoms with E-state index < -0.39 is 0 Å². The zero-order valence-corrected chi connectivity index (χ0v) is 12.0. The van der Waals surface area contributed by atoms with Gasteiger partial charge in [-0.1, -0.05) is 17.8 Å². The molecular formula is C14H18N2O2S. The number of likely N-dealkylation sites (tertiary alicyclic amines) is 1. The van der Waals surface area contributed by atoms with Gasteiger partial charge >= 0.3 is 0 Å². The molecule has 0 bridgehead atoms. The smallest absolute Gasteiger partial charge is 0.223 e. The number of hydrogen-bond acceptors (Lipinski definition) is 4. The molecule has 19 heavy (non-hydrogen) atoms. The molecule has 2 unspecified atom stereocenters. The highest BCUT2D eigenvalue weighted by molar-refractivity contribution is 8.13. The maximum absolute atomic E-state index is 12.0. The van der Waals surface area contributed by atoms with Gasteiger partial charge < -0.3 is 4.90 Å². The Bertz CT molecular complexity index is 464. The van der Waals surface area contributed by atoms with Gasteiger partial charge in [-0.2, -0.15) is 0 Å². The Kier molecular flexibility index (Phi) is 4.58. The topological polar surface area (TPSA) is 50.3 Å². The molecule has 4 nitrogen and oxygen atoms in total. The Morgan fingerprint density at radius 2 is 2.37 bits per heavy atom. The molecule has 0 aromatic carbocycles. The van der Waals surface area contributed by atoms with Crippen LogP contribution in [0, 0.1) is 5.92 Å². The average molecular weight is 278 g/mol. The summed E-state index contributed by atoms with van der Waals surface area (Å²) in [4.78, 5) is 29.2. The number of carbonyl (C=O) groups excluding carboxylic acids is 2. The highest BCUT2D eigenvalue weighted by Crippen LogP contribution is 2.29. The Labute approximate surface area is 117 Å². The molecule has 2 rings (SSSR count). The molecule has 5 heteroatoms. The zero-order valence-electron chi connectivity index (χ0n) is 11.2. The molecule has 0 spiro atoms. The summed E-state index contributed by atoms with van der Waals surface area (Å²) in [5, 5.41) is 0.115. The number of amides is 1.